The molecule has 0 bridgehead atoms. The lowest BCUT2D eigenvalue weighted by Crippen LogP contribution is -2.13. The van der Waals surface area contributed by atoms with Crippen molar-refractivity contribution in [2.45, 2.75) is 12.7 Å². The Bertz CT molecular complexity index is 1510. The summed E-state index contributed by atoms with van der Waals surface area (Å²) in [6.07, 6.45) is 0.670. The lowest BCUT2D eigenvalue weighted by atomic mass is 10.1. The second-order valence-electron chi connectivity index (χ2n) is 7.89. The number of nitrogens with zero attached hydrogens (tertiary/aromatic N) is 4. The van der Waals surface area contributed by atoms with E-state index in [0.717, 1.165) is 11.8 Å². The highest BCUT2D eigenvalue weighted by Gasteiger charge is 2.33. The Morgan fingerprint density at radius 2 is 1.80 bits per heavy atom. The number of carbonyl (C=O) groups is 1. The summed E-state index contributed by atoms with van der Waals surface area (Å²) in [5.74, 6) is -0.289. The molecule has 0 aliphatic rings. The molecular weight excluding hydrogens is 457 g/mol. The van der Waals surface area contributed by atoms with Crippen molar-refractivity contribution < 1.29 is 18.0 Å². The lowest BCUT2D eigenvalue weighted by Gasteiger charge is -2.16. The molecule has 176 valence electrons. The van der Waals surface area contributed by atoms with Crippen LogP contribution >= 0.6 is 0 Å². The minimum absolute atomic E-state index is 0.0858. The smallest absolute Gasteiger partial charge is 0.366 e. The molecule has 0 aliphatic carbocycles. The average molecular weight is 476 g/mol. The molecule has 1 amide bonds. The normalized spacial score (nSPS) is 11.6. The number of halogens is 3. The molecule has 35 heavy (non-hydrogen) atoms. The molecule has 5 rings (SSSR count). The topological polar surface area (TPSA) is 90.8 Å². The Morgan fingerprint density at radius 1 is 1.03 bits per heavy atom. The zero-order valence-electron chi connectivity index (χ0n) is 18.2. The number of hydrogen-bond donors (Lipinski definition) is 2. The number of aromatic nitrogens is 4. The van der Waals surface area contributed by atoms with E-state index >= 15 is 0 Å². The Balaban J connectivity index is 1.56. The zero-order chi connectivity index (χ0) is 24.6. The number of alkyl halides is 3. The second kappa shape index (κ2) is 8.64. The van der Waals surface area contributed by atoms with Crippen LogP contribution in [0.25, 0.3) is 16.7 Å². The number of amides is 1. The number of carbonyl (C=O) groups excluding carboxylic acids is 1. The third-order valence-corrected chi connectivity index (χ3v) is 5.61. The molecule has 7 nitrogen and oxygen atoms in total. The maximum absolute atomic E-state index is 13.6. The second-order valence-corrected chi connectivity index (χ2v) is 7.89. The summed E-state index contributed by atoms with van der Waals surface area (Å²) in [5, 5.41) is 3.19. The van der Waals surface area contributed by atoms with Gasteiger partial charge in [0.2, 0.25) is 11.9 Å². The van der Waals surface area contributed by atoms with Crippen molar-refractivity contribution in [2.75, 3.05) is 5.32 Å². The quantitative estimate of drug-likeness (QED) is 0.355. The molecule has 10 heteroatoms. The third-order valence-electron chi connectivity index (χ3n) is 5.61. The number of benzene rings is 3. The first-order valence-electron chi connectivity index (χ1n) is 10.6. The van der Waals surface area contributed by atoms with Crippen LogP contribution in [-0.4, -0.2) is 25.0 Å². The van der Waals surface area contributed by atoms with E-state index in [0.29, 0.717) is 22.7 Å². The first-order chi connectivity index (χ1) is 16.8. The van der Waals surface area contributed by atoms with Crippen molar-refractivity contribution in [1.82, 2.24) is 19.1 Å². The van der Waals surface area contributed by atoms with E-state index in [2.05, 4.69) is 15.3 Å². The van der Waals surface area contributed by atoms with Gasteiger partial charge in [0, 0.05) is 29.3 Å². The number of hydrogen-bond acceptors (Lipinski definition) is 4. The molecule has 2 aromatic heterocycles. The standard InChI is InChI=1S/C25H19F3N6O/c26-25(27,28)20-4-2-1-3-17(20)14-34-22-10-5-16(23(29)35)13-21(22)32-24(34)31-18-6-8-19(9-7-18)33-12-11-30-15-33/h1-13,15H,14H2,(H2,29,35)(H,31,32). The van der Waals surface area contributed by atoms with Crippen LogP contribution in [0.1, 0.15) is 21.5 Å². The number of primary amides is 1. The highest BCUT2D eigenvalue weighted by atomic mass is 19.4. The molecule has 5 aromatic rings. The molecule has 0 spiro atoms. The fraction of sp³-hybridized carbons (Fsp3) is 0.0800. The van der Waals surface area contributed by atoms with Crippen molar-refractivity contribution in [3.63, 3.8) is 0 Å². The van der Waals surface area contributed by atoms with Crippen LogP contribution in [-0.2, 0) is 12.7 Å². The van der Waals surface area contributed by atoms with Crippen LogP contribution in [0, 0.1) is 0 Å². The summed E-state index contributed by atoms with van der Waals surface area (Å²) in [5.41, 5.74) is 7.61. The molecule has 0 saturated heterocycles. The van der Waals surface area contributed by atoms with Crippen molar-refractivity contribution in [2.24, 2.45) is 5.73 Å². The number of fused-ring (bicyclic) bond motifs is 1. The maximum atomic E-state index is 13.6. The minimum Gasteiger partial charge on any atom is -0.366 e. The van der Waals surface area contributed by atoms with Crippen LogP contribution < -0.4 is 11.1 Å². The van der Waals surface area contributed by atoms with Crippen LogP contribution in [0.3, 0.4) is 0 Å². The van der Waals surface area contributed by atoms with E-state index in [1.165, 1.54) is 24.3 Å². The summed E-state index contributed by atoms with van der Waals surface area (Å²) in [6.45, 7) is -0.0858. The van der Waals surface area contributed by atoms with Crippen molar-refractivity contribution in [1.29, 1.82) is 0 Å². The van der Waals surface area contributed by atoms with Crippen LogP contribution in [0.2, 0.25) is 0 Å². The Hall–Kier alpha value is -4.60. The molecule has 2 heterocycles. The fourth-order valence-electron chi connectivity index (χ4n) is 3.90. The largest absolute Gasteiger partial charge is 0.416 e. The van der Waals surface area contributed by atoms with E-state index in [-0.39, 0.29) is 17.7 Å². The summed E-state index contributed by atoms with van der Waals surface area (Å²) >= 11 is 0. The molecule has 3 N–H and O–H groups in total. The zero-order valence-corrected chi connectivity index (χ0v) is 18.2. The number of nitrogens with one attached hydrogen (secondary N) is 1. The molecule has 0 fully saturated rings. The maximum Gasteiger partial charge on any atom is 0.416 e. The molecule has 0 aliphatic heterocycles. The van der Waals surface area contributed by atoms with E-state index in [1.807, 2.05) is 35.0 Å². The Kier molecular flexibility index (Phi) is 5.48. The van der Waals surface area contributed by atoms with Crippen molar-refractivity contribution in [3.05, 3.63) is 102 Å². The van der Waals surface area contributed by atoms with Crippen molar-refractivity contribution >= 4 is 28.6 Å². The van der Waals surface area contributed by atoms with Crippen LogP contribution in [0.4, 0.5) is 24.8 Å². The van der Waals surface area contributed by atoms with E-state index in [1.54, 1.807) is 29.2 Å². The summed E-state index contributed by atoms with van der Waals surface area (Å²) in [4.78, 5) is 20.2. The van der Waals surface area contributed by atoms with Gasteiger partial charge in [-0.2, -0.15) is 13.2 Å². The van der Waals surface area contributed by atoms with Gasteiger partial charge in [-0.15, -0.1) is 0 Å². The molecule has 0 radical (unpaired) electrons. The molecule has 0 unspecified atom stereocenters. The first-order valence-corrected chi connectivity index (χ1v) is 10.6. The van der Waals surface area contributed by atoms with Crippen LogP contribution in [0.15, 0.2) is 85.5 Å². The highest BCUT2D eigenvalue weighted by molar-refractivity contribution is 5.96. The van der Waals surface area contributed by atoms with Crippen LogP contribution in [0.5, 0.6) is 0 Å². The predicted octanol–water partition coefficient (Wildman–Crippen LogP) is 5.13. The van der Waals surface area contributed by atoms with Gasteiger partial charge in [0.25, 0.3) is 0 Å². The first kappa shape index (κ1) is 22.2. The Labute approximate surface area is 197 Å². The van der Waals surface area contributed by atoms with Gasteiger partial charge in [-0.3, -0.25) is 4.79 Å². The molecule has 0 saturated carbocycles. The third kappa shape index (κ3) is 4.45. The van der Waals surface area contributed by atoms with E-state index < -0.39 is 17.6 Å². The number of anilines is 2. The van der Waals surface area contributed by atoms with E-state index in [4.69, 9.17) is 5.73 Å². The summed E-state index contributed by atoms with van der Waals surface area (Å²) in [6, 6.07) is 17.5. The SMILES string of the molecule is NC(=O)c1ccc2c(c1)nc(Nc1ccc(-n3ccnc3)cc1)n2Cc1ccccc1C(F)(F)F. The Morgan fingerprint density at radius 3 is 2.49 bits per heavy atom. The van der Waals surface area contributed by atoms with Gasteiger partial charge < -0.3 is 20.2 Å². The minimum atomic E-state index is -4.50. The van der Waals surface area contributed by atoms with Gasteiger partial charge in [-0.25, -0.2) is 9.97 Å². The molecule has 0 atom stereocenters. The van der Waals surface area contributed by atoms with Gasteiger partial charge in [-0.05, 0) is 54.1 Å². The number of rotatable bonds is 6. The molecular formula is C25H19F3N6O. The molecule has 3 aromatic carbocycles. The monoisotopic (exact) mass is 476 g/mol. The summed E-state index contributed by atoms with van der Waals surface area (Å²) < 4.78 is 44.4. The predicted molar refractivity (Wildman–Crippen MR) is 126 cm³/mol. The number of imidazole rings is 2. The van der Waals surface area contributed by atoms with Crippen molar-refractivity contribution in [3.8, 4) is 5.69 Å². The van der Waals surface area contributed by atoms with E-state index in [9.17, 15) is 18.0 Å². The van der Waals surface area contributed by atoms with Gasteiger partial charge in [-0.1, -0.05) is 18.2 Å². The fourth-order valence-corrected chi connectivity index (χ4v) is 3.90. The van der Waals surface area contributed by atoms with Gasteiger partial charge in [0.15, 0.2) is 0 Å². The average Bonchev–Trinajstić information content (AvgIpc) is 3.48. The number of nitrogens with two attached hydrogens (primary N) is 1. The van der Waals surface area contributed by atoms with Gasteiger partial charge in [0.1, 0.15) is 0 Å². The lowest BCUT2D eigenvalue weighted by molar-refractivity contribution is -0.138. The highest BCUT2D eigenvalue weighted by Crippen LogP contribution is 2.34. The summed E-state index contributed by atoms with van der Waals surface area (Å²) in [7, 11) is 0. The van der Waals surface area contributed by atoms with Gasteiger partial charge >= 0.3 is 6.18 Å². The van der Waals surface area contributed by atoms with Gasteiger partial charge in [0.05, 0.1) is 29.5 Å².